The van der Waals surface area contributed by atoms with Crippen molar-refractivity contribution >= 4 is 5.97 Å². The average Bonchev–Trinajstić information content (AvgIpc) is 2.92. The Morgan fingerprint density at radius 1 is 0.538 bits per heavy atom. The van der Waals surface area contributed by atoms with Crippen LogP contribution in [0.1, 0.15) is 51.3 Å². The molecule has 0 heterocycles. The highest BCUT2D eigenvalue weighted by atomic mass is 16.6. The van der Waals surface area contributed by atoms with Crippen molar-refractivity contribution in [2.45, 2.75) is 51.4 Å². The first kappa shape index (κ1) is 30.5. The largest absolute Gasteiger partial charge is 0.458 e. The second-order valence-corrected chi connectivity index (χ2v) is 10.7. The van der Waals surface area contributed by atoms with Crippen molar-refractivity contribution in [2.75, 3.05) is 39.6 Å². The van der Waals surface area contributed by atoms with Crippen molar-refractivity contribution in [3.8, 4) is 0 Å². The van der Waals surface area contributed by atoms with Gasteiger partial charge in [0.25, 0.3) is 0 Å². The summed E-state index contributed by atoms with van der Waals surface area (Å²) in [4.78, 5) is 12.3. The van der Waals surface area contributed by atoms with E-state index in [0.717, 1.165) is 16.7 Å². The highest BCUT2D eigenvalue weighted by Gasteiger charge is 2.37. The molecule has 3 aromatic carbocycles. The third-order valence-electron chi connectivity index (χ3n) is 6.04. The van der Waals surface area contributed by atoms with E-state index in [4.69, 9.17) is 23.7 Å². The molecule has 0 aliphatic heterocycles. The number of rotatable bonds is 15. The molecular formula is C33H42O6. The van der Waals surface area contributed by atoms with Gasteiger partial charge in [0.15, 0.2) is 5.60 Å². The van der Waals surface area contributed by atoms with Crippen LogP contribution in [0, 0.1) is 0 Å². The molecule has 0 aromatic heterocycles. The smallest absolute Gasteiger partial charge is 0.338 e. The second kappa shape index (κ2) is 14.4. The zero-order valence-corrected chi connectivity index (χ0v) is 23.9. The zero-order valence-electron chi connectivity index (χ0n) is 23.9. The maximum atomic E-state index is 12.3. The van der Waals surface area contributed by atoms with Gasteiger partial charge in [-0.05, 0) is 51.3 Å². The molecule has 0 bridgehead atoms. The summed E-state index contributed by atoms with van der Waals surface area (Å²) in [5, 5.41) is 0. The van der Waals surface area contributed by atoms with Gasteiger partial charge in [-0.25, -0.2) is 4.79 Å². The molecule has 6 heteroatoms. The van der Waals surface area contributed by atoms with Gasteiger partial charge in [0.1, 0.15) is 11.2 Å². The zero-order chi connectivity index (χ0) is 28.2. The van der Waals surface area contributed by atoms with Crippen LogP contribution in [0.15, 0.2) is 91.0 Å². The minimum Gasteiger partial charge on any atom is -0.458 e. The van der Waals surface area contributed by atoms with Crippen molar-refractivity contribution in [3.05, 3.63) is 108 Å². The van der Waals surface area contributed by atoms with E-state index in [-0.39, 0.29) is 6.61 Å². The van der Waals surface area contributed by atoms with Crippen molar-refractivity contribution in [1.82, 2.24) is 0 Å². The summed E-state index contributed by atoms with van der Waals surface area (Å²) in [5.41, 5.74) is 0.813. The van der Waals surface area contributed by atoms with Gasteiger partial charge in [-0.15, -0.1) is 0 Å². The molecule has 0 N–H and O–H groups in total. The quantitative estimate of drug-likeness (QED) is 0.132. The standard InChI is InChI=1S/C33H42O6/c1-31(2,3)39-30(34)32(4,5)37-25-23-35-21-22-36-24-26-38-33(27-15-9-6-10-16-27,28-17-11-7-12-18-28)29-19-13-8-14-20-29/h6-20H,21-26H2,1-5H3. The van der Waals surface area contributed by atoms with Gasteiger partial charge < -0.3 is 23.7 Å². The fourth-order valence-electron chi connectivity index (χ4n) is 4.16. The monoisotopic (exact) mass is 534 g/mol. The van der Waals surface area contributed by atoms with Crippen molar-refractivity contribution < 1.29 is 28.5 Å². The Bertz CT molecular complexity index is 1010. The fourth-order valence-corrected chi connectivity index (χ4v) is 4.16. The van der Waals surface area contributed by atoms with Gasteiger partial charge >= 0.3 is 5.97 Å². The summed E-state index contributed by atoms with van der Waals surface area (Å²) in [6, 6.07) is 30.8. The molecule has 0 spiro atoms. The number of hydrogen-bond donors (Lipinski definition) is 0. The first-order valence-corrected chi connectivity index (χ1v) is 13.5. The van der Waals surface area contributed by atoms with Crippen LogP contribution in [0.4, 0.5) is 0 Å². The SMILES string of the molecule is CC(C)(C)OC(=O)C(C)(C)OCCOCCOCCOC(c1ccccc1)(c1ccccc1)c1ccccc1. The second-order valence-electron chi connectivity index (χ2n) is 10.7. The summed E-state index contributed by atoms with van der Waals surface area (Å²) in [7, 11) is 0. The van der Waals surface area contributed by atoms with Gasteiger partial charge in [0.05, 0.1) is 39.6 Å². The van der Waals surface area contributed by atoms with E-state index in [2.05, 4.69) is 36.4 Å². The van der Waals surface area contributed by atoms with Crippen LogP contribution >= 0.6 is 0 Å². The molecule has 0 unspecified atom stereocenters. The lowest BCUT2D eigenvalue weighted by Gasteiger charge is -2.36. The molecule has 0 fully saturated rings. The number of carbonyl (C=O) groups is 1. The maximum absolute atomic E-state index is 12.3. The number of benzene rings is 3. The number of hydrogen-bond acceptors (Lipinski definition) is 6. The molecule has 0 aliphatic rings. The minimum absolute atomic E-state index is 0.281. The van der Waals surface area contributed by atoms with E-state index in [1.54, 1.807) is 13.8 Å². The molecule has 3 aromatic rings. The van der Waals surface area contributed by atoms with Crippen LogP contribution in [0.5, 0.6) is 0 Å². The predicted octanol–water partition coefficient (Wildman–Crippen LogP) is 6.17. The van der Waals surface area contributed by atoms with E-state index in [1.807, 2.05) is 75.4 Å². The normalized spacial score (nSPS) is 12.3. The van der Waals surface area contributed by atoms with E-state index < -0.39 is 22.8 Å². The van der Waals surface area contributed by atoms with Gasteiger partial charge in [-0.3, -0.25) is 0 Å². The van der Waals surface area contributed by atoms with Crippen LogP contribution in [-0.2, 0) is 34.1 Å². The van der Waals surface area contributed by atoms with E-state index in [9.17, 15) is 4.79 Å². The number of ether oxygens (including phenoxy) is 5. The van der Waals surface area contributed by atoms with Crippen molar-refractivity contribution in [1.29, 1.82) is 0 Å². The third kappa shape index (κ3) is 9.01. The van der Waals surface area contributed by atoms with Crippen LogP contribution < -0.4 is 0 Å². The summed E-state index contributed by atoms with van der Waals surface area (Å²) in [6.45, 7) is 11.2. The predicted molar refractivity (Wildman–Crippen MR) is 153 cm³/mol. The van der Waals surface area contributed by atoms with Crippen LogP contribution in [0.2, 0.25) is 0 Å². The van der Waals surface area contributed by atoms with E-state index in [0.29, 0.717) is 33.0 Å². The van der Waals surface area contributed by atoms with Gasteiger partial charge in [-0.1, -0.05) is 91.0 Å². The lowest BCUT2D eigenvalue weighted by atomic mass is 9.80. The molecular weight excluding hydrogens is 492 g/mol. The topological polar surface area (TPSA) is 63.2 Å². The molecule has 39 heavy (non-hydrogen) atoms. The summed E-state index contributed by atoms with van der Waals surface area (Å²) in [5.74, 6) is -0.393. The Labute approximate surface area is 233 Å². The Balaban J connectivity index is 1.49. The number of esters is 1. The maximum Gasteiger partial charge on any atom is 0.338 e. The first-order valence-electron chi connectivity index (χ1n) is 13.5. The molecule has 210 valence electrons. The van der Waals surface area contributed by atoms with Crippen molar-refractivity contribution in [2.24, 2.45) is 0 Å². The molecule has 0 saturated carbocycles. The third-order valence-corrected chi connectivity index (χ3v) is 6.04. The van der Waals surface area contributed by atoms with Gasteiger partial charge in [0, 0.05) is 0 Å². The summed E-state index contributed by atoms with van der Waals surface area (Å²) in [6.07, 6.45) is 0. The molecule has 0 radical (unpaired) electrons. The number of carbonyl (C=O) groups excluding carboxylic acids is 1. The highest BCUT2D eigenvalue weighted by Crippen LogP contribution is 2.40. The molecule has 0 amide bonds. The molecule has 0 atom stereocenters. The van der Waals surface area contributed by atoms with E-state index >= 15 is 0 Å². The lowest BCUT2D eigenvalue weighted by Crippen LogP contribution is -2.41. The minimum atomic E-state index is -1.03. The Morgan fingerprint density at radius 2 is 0.897 bits per heavy atom. The van der Waals surface area contributed by atoms with Crippen molar-refractivity contribution in [3.63, 3.8) is 0 Å². The Hall–Kier alpha value is -3.03. The van der Waals surface area contributed by atoms with E-state index in [1.165, 1.54) is 0 Å². The van der Waals surface area contributed by atoms with Crippen LogP contribution in [-0.4, -0.2) is 56.8 Å². The lowest BCUT2D eigenvalue weighted by molar-refractivity contribution is -0.181. The summed E-state index contributed by atoms with van der Waals surface area (Å²) < 4.78 is 29.2. The van der Waals surface area contributed by atoms with Gasteiger partial charge in [0.2, 0.25) is 0 Å². The molecule has 0 saturated heterocycles. The Kier molecular flexibility index (Phi) is 11.3. The summed E-state index contributed by atoms with van der Waals surface area (Å²) >= 11 is 0. The average molecular weight is 535 g/mol. The molecule has 0 aliphatic carbocycles. The van der Waals surface area contributed by atoms with Crippen LogP contribution in [0.25, 0.3) is 0 Å². The molecule has 6 nitrogen and oxygen atoms in total. The Morgan fingerprint density at radius 3 is 1.28 bits per heavy atom. The van der Waals surface area contributed by atoms with Gasteiger partial charge in [-0.2, -0.15) is 0 Å². The van der Waals surface area contributed by atoms with Crippen LogP contribution in [0.3, 0.4) is 0 Å². The molecule has 3 rings (SSSR count). The fraction of sp³-hybridized carbons (Fsp3) is 0.424. The first-order chi connectivity index (χ1) is 18.7. The highest BCUT2D eigenvalue weighted by molar-refractivity contribution is 5.78.